The van der Waals surface area contributed by atoms with E-state index in [9.17, 15) is 14.4 Å². The van der Waals surface area contributed by atoms with Gasteiger partial charge in [0.1, 0.15) is 5.54 Å². The Labute approximate surface area is 168 Å². The molecule has 0 radical (unpaired) electrons. The number of carbonyl (C=O) groups excluding carboxylic acids is 3. The summed E-state index contributed by atoms with van der Waals surface area (Å²) in [5, 5.41) is 3.54. The lowest BCUT2D eigenvalue weighted by atomic mass is 9.91. The van der Waals surface area contributed by atoms with E-state index in [-0.39, 0.29) is 12.3 Å². The summed E-state index contributed by atoms with van der Waals surface area (Å²) in [7, 11) is 0. The Morgan fingerprint density at radius 3 is 2.52 bits per heavy atom. The Balaban J connectivity index is 1.57. The Hall–Kier alpha value is -3.41. The van der Waals surface area contributed by atoms with Gasteiger partial charge in [-0.1, -0.05) is 55.8 Å². The SMILES string of the molecule is CCCc1ccc(C2(C)NC(=O)N(CC(=O)c3c[nH]c4ccccc34)C2=O)cc1. The maximum atomic E-state index is 13.1. The number of aryl methyl sites for hydroxylation is 1. The van der Waals surface area contributed by atoms with Crippen LogP contribution in [0.25, 0.3) is 10.9 Å². The van der Waals surface area contributed by atoms with Crippen LogP contribution in [0.4, 0.5) is 4.79 Å². The molecule has 1 aliphatic rings. The number of aromatic nitrogens is 1. The van der Waals surface area contributed by atoms with Crippen molar-refractivity contribution in [3.05, 3.63) is 71.4 Å². The fourth-order valence-electron chi connectivity index (χ4n) is 3.86. The number of hydrogen-bond donors (Lipinski definition) is 2. The van der Waals surface area contributed by atoms with Gasteiger partial charge in [0.25, 0.3) is 5.91 Å². The van der Waals surface area contributed by atoms with Crippen molar-refractivity contribution in [3.8, 4) is 0 Å². The van der Waals surface area contributed by atoms with Crippen LogP contribution in [0.3, 0.4) is 0 Å². The Kier molecular flexibility index (Phi) is 4.70. The summed E-state index contributed by atoms with van der Waals surface area (Å²) in [5.41, 5.74) is 2.02. The molecule has 2 N–H and O–H groups in total. The zero-order valence-corrected chi connectivity index (χ0v) is 16.5. The zero-order valence-electron chi connectivity index (χ0n) is 16.5. The van der Waals surface area contributed by atoms with Crippen LogP contribution >= 0.6 is 0 Å². The fourth-order valence-corrected chi connectivity index (χ4v) is 3.86. The zero-order chi connectivity index (χ0) is 20.6. The first-order valence-corrected chi connectivity index (χ1v) is 9.77. The highest BCUT2D eigenvalue weighted by Gasteiger charge is 2.49. The predicted octanol–water partition coefficient (Wildman–Crippen LogP) is 3.77. The highest BCUT2D eigenvalue weighted by Crippen LogP contribution is 2.29. The van der Waals surface area contributed by atoms with Gasteiger partial charge in [-0.3, -0.25) is 14.5 Å². The number of hydrogen-bond acceptors (Lipinski definition) is 3. The second-order valence-corrected chi connectivity index (χ2v) is 7.56. The molecule has 1 atom stereocenters. The van der Waals surface area contributed by atoms with Crippen LogP contribution in [-0.2, 0) is 16.8 Å². The van der Waals surface area contributed by atoms with E-state index in [4.69, 9.17) is 0 Å². The van der Waals surface area contributed by atoms with Gasteiger partial charge < -0.3 is 10.3 Å². The number of benzene rings is 2. The minimum atomic E-state index is -1.18. The van der Waals surface area contributed by atoms with Crippen molar-refractivity contribution >= 4 is 28.6 Å². The van der Waals surface area contributed by atoms with E-state index < -0.39 is 17.5 Å². The second-order valence-electron chi connectivity index (χ2n) is 7.56. The summed E-state index contributed by atoms with van der Waals surface area (Å²) in [6.07, 6.45) is 3.62. The molecule has 3 aromatic rings. The average molecular weight is 389 g/mol. The highest BCUT2D eigenvalue weighted by atomic mass is 16.2. The molecule has 1 unspecified atom stereocenters. The summed E-state index contributed by atoms with van der Waals surface area (Å²) >= 11 is 0. The number of para-hydroxylation sites is 1. The van der Waals surface area contributed by atoms with Crippen molar-refractivity contribution in [2.45, 2.75) is 32.2 Å². The first-order chi connectivity index (χ1) is 13.9. The van der Waals surface area contributed by atoms with Gasteiger partial charge in [0.05, 0.1) is 6.54 Å². The summed E-state index contributed by atoms with van der Waals surface area (Å²) in [6.45, 7) is 3.49. The van der Waals surface area contributed by atoms with E-state index in [0.717, 1.165) is 28.6 Å². The maximum absolute atomic E-state index is 13.1. The molecule has 1 saturated heterocycles. The lowest BCUT2D eigenvalue weighted by molar-refractivity contribution is -0.130. The largest absolute Gasteiger partial charge is 0.360 e. The van der Waals surface area contributed by atoms with Crippen molar-refractivity contribution in [3.63, 3.8) is 0 Å². The van der Waals surface area contributed by atoms with E-state index in [1.807, 2.05) is 48.5 Å². The third-order valence-electron chi connectivity index (χ3n) is 5.54. The molecule has 1 aromatic heterocycles. The van der Waals surface area contributed by atoms with Crippen molar-refractivity contribution in [2.24, 2.45) is 0 Å². The molecular weight excluding hydrogens is 366 g/mol. The minimum Gasteiger partial charge on any atom is -0.360 e. The number of ketones is 1. The molecule has 6 heteroatoms. The molecule has 0 aliphatic carbocycles. The molecule has 0 bridgehead atoms. The summed E-state index contributed by atoms with van der Waals surface area (Å²) < 4.78 is 0. The maximum Gasteiger partial charge on any atom is 0.325 e. The molecule has 3 amide bonds. The Morgan fingerprint density at radius 2 is 1.79 bits per heavy atom. The van der Waals surface area contributed by atoms with Crippen LogP contribution in [0, 0.1) is 0 Å². The van der Waals surface area contributed by atoms with Crippen molar-refractivity contribution in [2.75, 3.05) is 6.54 Å². The van der Waals surface area contributed by atoms with Crippen LogP contribution in [0.1, 0.15) is 41.8 Å². The predicted molar refractivity (Wildman–Crippen MR) is 111 cm³/mol. The van der Waals surface area contributed by atoms with Gasteiger partial charge in [0, 0.05) is 22.7 Å². The minimum absolute atomic E-state index is 0.284. The lowest BCUT2D eigenvalue weighted by Gasteiger charge is -2.22. The van der Waals surface area contributed by atoms with Crippen LogP contribution in [-0.4, -0.2) is 34.2 Å². The van der Waals surface area contributed by atoms with Crippen LogP contribution < -0.4 is 5.32 Å². The molecular formula is C23H23N3O3. The van der Waals surface area contributed by atoms with Gasteiger partial charge in [-0.15, -0.1) is 0 Å². The monoisotopic (exact) mass is 389 g/mol. The molecule has 0 saturated carbocycles. The number of carbonyl (C=O) groups is 3. The molecule has 4 rings (SSSR count). The van der Waals surface area contributed by atoms with Gasteiger partial charge in [0.2, 0.25) is 0 Å². The van der Waals surface area contributed by atoms with Crippen LogP contribution in [0.5, 0.6) is 0 Å². The van der Waals surface area contributed by atoms with E-state index in [1.54, 1.807) is 13.1 Å². The first kappa shape index (κ1) is 18.9. The third-order valence-corrected chi connectivity index (χ3v) is 5.54. The van der Waals surface area contributed by atoms with Crippen LogP contribution in [0.15, 0.2) is 54.7 Å². The highest BCUT2D eigenvalue weighted by molar-refractivity contribution is 6.14. The quantitative estimate of drug-likeness (QED) is 0.497. The van der Waals surface area contributed by atoms with Gasteiger partial charge in [0.15, 0.2) is 5.78 Å². The molecule has 29 heavy (non-hydrogen) atoms. The van der Waals surface area contributed by atoms with Gasteiger partial charge in [-0.05, 0) is 30.5 Å². The molecule has 1 aliphatic heterocycles. The summed E-state index contributed by atoms with van der Waals surface area (Å²) in [5.74, 6) is -0.701. The first-order valence-electron chi connectivity index (χ1n) is 9.77. The topological polar surface area (TPSA) is 82.3 Å². The number of aromatic amines is 1. The standard InChI is InChI=1S/C23H23N3O3/c1-3-6-15-9-11-16(12-10-15)23(2)21(28)26(22(29)25-23)14-20(27)18-13-24-19-8-5-4-7-17(18)19/h4-5,7-13,24H,3,6,14H2,1-2H3,(H,25,29). The molecule has 6 nitrogen and oxygen atoms in total. The van der Waals surface area contributed by atoms with Crippen molar-refractivity contribution < 1.29 is 14.4 Å². The van der Waals surface area contributed by atoms with E-state index in [0.29, 0.717) is 11.1 Å². The molecule has 2 aromatic carbocycles. The summed E-state index contributed by atoms with van der Waals surface area (Å²) in [6, 6.07) is 14.6. The fraction of sp³-hybridized carbons (Fsp3) is 0.261. The number of amides is 3. The number of H-pyrrole nitrogens is 1. The van der Waals surface area contributed by atoms with E-state index in [2.05, 4.69) is 17.2 Å². The molecule has 0 spiro atoms. The second kappa shape index (κ2) is 7.20. The Morgan fingerprint density at radius 1 is 1.07 bits per heavy atom. The summed E-state index contributed by atoms with van der Waals surface area (Å²) in [4.78, 5) is 42.5. The number of imide groups is 1. The molecule has 148 valence electrons. The third kappa shape index (κ3) is 3.20. The van der Waals surface area contributed by atoms with Gasteiger partial charge in [-0.25, -0.2) is 4.79 Å². The lowest BCUT2D eigenvalue weighted by Crippen LogP contribution is -2.41. The van der Waals surface area contributed by atoms with Crippen molar-refractivity contribution in [1.82, 2.24) is 15.2 Å². The molecule has 2 heterocycles. The number of Topliss-reactive ketones (excluding diaryl/α,β-unsaturated/α-hetero) is 1. The average Bonchev–Trinajstić information content (AvgIpc) is 3.24. The number of fused-ring (bicyclic) bond motifs is 1. The van der Waals surface area contributed by atoms with E-state index >= 15 is 0 Å². The van der Waals surface area contributed by atoms with Gasteiger partial charge >= 0.3 is 6.03 Å². The molecule has 1 fully saturated rings. The normalized spacial score (nSPS) is 19.0. The van der Waals surface area contributed by atoms with Crippen molar-refractivity contribution in [1.29, 1.82) is 0 Å². The number of urea groups is 1. The Bertz CT molecular complexity index is 1100. The smallest absolute Gasteiger partial charge is 0.325 e. The number of nitrogens with zero attached hydrogens (tertiary/aromatic N) is 1. The van der Waals surface area contributed by atoms with Crippen LogP contribution in [0.2, 0.25) is 0 Å². The number of nitrogens with one attached hydrogen (secondary N) is 2. The van der Waals surface area contributed by atoms with Gasteiger partial charge in [-0.2, -0.15) is 0 Å². The van der Waals surface area contributed by atoms with E-state index in [1.165, 1.54) is 5.56 Å². The number of rotatable bonds is 6.